The van der Waals surface area contributed by atoms with Gasteiger partial charge in [0.25, 0.3) is 6.43 Å². The summed E-state index contributed by atoms with van der Waals surface area (Å²) in [6.07, 6.45) is -3.04. The average Bonchev–Trinajstić information content (AvgIpc) is 2.84. The first-order valence-corrected chi connectivity index (χ1v) is 6.09. The van der Waals surface area contributed by atoms with Crippen molar-refractivity contribution < 1.29 is 27.8 Å². The van der Waals surface area contributed by atoms with Crippen LogP contribution in [0.15, 0.2) is 27.1 Å². The van der Waals surface area contributed by atoms with Gasteiger partial charge in [-0.3, -0.25) is 0 Å². The lowest BCUT2D eigenvalue weighted by molar-refractivity contribution is 0.0647. The predicted octanol–water partition coefficient (Wildman–Crippen LogP) is 3.75. The van der Waals surface area contributed by atoms with Crippen LogP contribution in [0.3, 0.4) is 0 Å². The normalized spacial score (nSPS) is 10.8. The Bertz CT molecular complexity index is 657. The van der Waals surface area contributed by atoms with Crippen molar-refractivity contribution in [2.45, 2.75) is 6.43 Å². The van der Waals surface area contributed by atoms with E-state index in [0.29, 0.717) is 15.8 Å². The number of carboxylic acid groups (broad SMARTS) is 1. The minimum absolute atomic E-state index is 0.219. The van der Waals surface area contributed by atoms with Gasteiger partial charge in [-0.15, -0.1) is 0 Å². The highest BCUT2D eigenvalue weighted by molar-refractivity contribution is 9.10. The van der Waals surface area contributed by atoms with Crippen LogP contribution >= 0.6 is 15.9 Å². The lowest BCUT2D eigenvalue weighted by Crippen LogP contribution is -1.99. The molecule has 0 aliphatic heterocycles. The van der Waals surface area contributed by atoms with Crippen LogP contribution in [0.4, 0.5) is 8.78 Å². The van der Waals surface area contributed by atoms with Crippen molar-refractivity contribution in [1.29, 1.82) is 0 Å². The number of halogens is 3. The standard InChI is InChI=1S/C12H8BrF2NO4/c1-19-5-2-3-7(13)6(4-5)11-16-8(10(14)15)9(20-11)12(17)18/h2-4,10H,1H3,(H,17,18). The van der Waals surface area contributed by atoms with Gasteiger partial charge in [0, 0.05) is 4.47 Å². The van der Waals surface area contributed by atoms with E-state index in [1.807, 2.05) is 0 Å². The monoisotopic (exact) mass is 347 g/mol. The summed E-state index contributed by atoms with van der Waals surface area (Å²) in [7, 11) is 1.44. The number of oxazole rings is 1. The summed E-state index contributed by atoms with van der Waals surface area (Å²) in [5.74, 6) is -2.23. The van der Waals surface area contributed by atoms with Crippen molar-refractivity contribution in [3.8, 4) is 17.2 Å². The summed E-state index contributed by atoms with van der Waals surface area (Å²) in [5, 5.41) is 8.84. The average molecular weight is 348 g/mol. The Morgan fingerprint density at radius 1 is 1.50 bits per heavy atom. The number of hydrogen-bond acceptors (Lipinski definition) is 4. The third kappa shape index (κ3) is 2.64. The zero-order valence-electron chi connectivity index (χ0n) is 10.1. The summed E-state index contributed by atoms with van der Waals surface area (Å²) in [6.45, 7) is 0. The van der Waals surface area contributed by atoms with E-state index in [4.69, 9.17) is 14.3 Å². The SMILES string of the molecule is COc1ccc(Br)c(-c2nc(C(F)F)c(C(=O)O)o2)c1. The maximum atomic E-state index is 12.7. The lowest BCUT2D eigenvalue weighted by Gasteiger charge is -2.03. The molecular weight excluding hydrogens is 340 g/mol. The first kappa shape index (κ1) is 14.4. The van der Waals surface area contributed by atoms with Crippen LogP contribution in [0.1, 0.15) is 22.7 Å². The fourth-order valence-electron chi connectivity index (χ4n) is 1.54. The van der Waals surface area contributed by atoms with Crippen molar-refractivity contribution in [3.05, 3.63) is 34.1 Å². The molecule has 1 N–H and O–H groups in total. The number of benzene rings is 1. The number of nitrogens with zero attached hydrogens (tertiary/aromatic N) is 1. The van der Waals surface area contributed by atoms with E-state index in [2.05, 4.69) is 20.9 Å². The Kier molecular flexibility index (Phi) is 4.03. The highest BCUT2D eigenvalue weighted by Gasteiger charge is 2.27. The molecule has 2 rings (SSSR count). The summed E-state index contributed by atoms with van der Waals surface area (Å²) in [4.78, 5) is 14.4. The predicted molar refractivity (Wildman–Crippen MR) is 68.1 cm³/mol. The van der Waals surface area contributed by atoms with Gasteiger partial charge in [0.15, 0.2) is 5.69 Å². The molecule has 1 aromatic carbocycles. The minimum atomic E-state index is -3.04. The molecule has 0 amide bonds. The Hall–Kier alpha value is -1.96. The van der Waals surface area contributed by atoms with Crippen molar-refractivity contribution in [2.24, 2.45) is 0 Å². The number of methoxy groups -OCH3 is 1. The molecule has 0 aliphatic rings. The molecule has 1 heterocycles. The second-order valence-electron chi connectivity index (χ2n) is 3.69. The third-order valence-corrected chi connectivity index (χ3v) is 3.15. The molecule has 0 spiro atoms. The highest BCUT2D eigenvalue weighted by Crippen LogP contribution is 2.34. The second-order valence-corrected chi connectivity index (χ2v) is 4.54. The molecule has 0 saturated heterocycles. The number of rotatable bonds is 4. The topological polar surface area (TPSA) is 72.6 Å². The number of carbonyl (C=O) groups is 1. The van der Waals surface area contributed by atoms with Crippen LogP contribution in [0.5, 0.6) is 5.75 Å². The van der Waals surface area contributed by atoms with Crippen molar-refractivity contribution in [3.63, 3.8) is 0 Å². The summed E-state index contributed by atoms with van der Waals surface area (Å²) < 4.78 is 35.9. The maximum Gasteiger partial charge on any atom is 0.374 e. The van der Waals surface area contributed by atoms with E-state index < -0.39 is 23.8 Å². The Balaban J connectivity index is 2.58. The fourth-order valence-corrected chi connectivity index (χ4v) is 1.96. The first-order chi connectivity index (χ1) is 9.43. The summed E-state index contributed by atoms with van der Waals surface area (Å²) in [6, 6.07) is 4.75. The van der Waals surface area contributed by atoms with Gasteiger partial charge >= 0.3 is 5.97 Å². The van der Waals surface area contributed by atoms with Gasteiger partial charge in [0.05, 0.1) is 12.7 Å². The molecule has 0 bridgehead atoms. The van der Waals surface area contributed by atoms with Crippen molar-refractivity contribution >= 4 is 21.9 Å². The van der Waals surface area contributed by atoms with Gasteiger partial charge in [0.2, 0.25) is 11.7 Å². The smallest absolute Gasteiger partial charge is 0.374 e. The Morgan fingerprint density at radius 3 is 2.70 bits per heavy atom. The van der Waals surface area contributed by atoms with Crippen LogP contribution in [0, 0.1) is 0 Å². The molecule has 1 aromatic heterocycles. The summed E-state index contributed by atoms with van der Waals surface area (Å²) in [5.41, 5.74) is -0.582. The molecular formula is C12H8BrF2NO4. The zero-order chi connectivity index (χ0) is 14.9. The molecule has 0 radical (unpaired) electrons. The van der Waals surface area contributed by atoms with Crippen LogP contribution in [-0.2, 0) is 0 Å². The van der Waals surface area contributed by atoms with Crippen molar-refractivity contribution in [2.75, 3.05) is 7.11 Å². The molecule has 2 aromatic rings. The molecule has 0 saturated carbocycles. The van der Waals surface area contributed by atoms with Crippen LogP contribution < -0.4 is 4.74 Å². The largest absolute Gasteiger partial charge is 0.497 e. The van der Waals surface area contributed by atoms with Gasteiger partial charge in [-0.1, -0.05) is 0 Å². The van der Waals surface area contributed by atoms with E-state index in [-0.39, 0.29) is 5.89 Å². The van der Waals surface area contributed by atoms with E-state index in [1.165, 1.54) is 13.2 Å². The van der Waals surface area contributed by atoms with Gasteiger partial charge in [-0.25, -0.2) is 18.6 Å². The molecule has 20 heavy (non-hydrogen) atoms. The molecule has 0 aliphatic carbocycles. The lowest BCUT2D eigenvalue weighted by atomic mass is 10.2. The summed E-state index contributed by atoms with van der Waals surface area (Å²) >= 11 is 3.21. The van der Waals surface area contributed by atoms with E-state index in [0.717, 1.165) is 0 Å². The number of alkyl halides is 2. The van der Waals surface area contributed by atoms with Gasteiger partial charge in [-0.05, 0) is 34.1 Å². The molecule has 5 nitrogen and oxygen atoms in total. The van der Waals surface area contributed by atoms with Crippen molar-refractivity contribution in [1.82, 2.24) is 4.98 Å². The van der Waals surface area contributed by atoms with Crippen LogP contribution in [0.2, 0.25) is 0 Å². The fraction of sp³-hybridized carbons (Fsp3) is 0.167. The van der Waals surface area contributed by atoms with Crippen LogP contribution in [-0.4, -0.2) is 23.2 Å². The van der Waals surface area contributed by atoms with E-state index in [1.54, 1.807) is 12.1 Å². The quantitative estimate of drug-likeness (QED) is 0.911. The zero-order valence-corrected chi connectivity index (χ0v) is 11.6. The number of hydrogen-bond donors (Lipinski definition) is 1. The molecule has 0 atom stereocenters. The molecule has 8 heteroatoms. The molecule has 0 fully saturated rings. The first-order valence-electron chi connectivity index (χ1n) is 5.30. The molecule has 106 valence electrons. The molecule has 0 unspecified atom stereocenters. The van der Waals surface area contributed by atoms with Gasteiger partial charge in [0.1, 0.15) is 5.75 Å². The van der Waals surface area contributed by atoms with Gasteiger partial charge < -0.3 is 14.3 Å². The number of aromatic nitrogens is 1. The second kappa shape index (κ2) is 5.58. The maximum absolute atomic E-state index is 12.7. The van der Waals surface area contributed by atoms with E-state index in [9.17, 15) is 13.6 Å². The third-order valence-electron chi connectivity index (χ3n) is 2.46. The number of ether oxygens (including phenoxy) is 1. The Labute approximate surface area is 120 Å². The van der Waals surface area contributed by atoms with Crippen LogP contribution in [0.25, 0.3) is 11.5 Å². The highest BCUT2D eigenvalue weighted by atomic mass is 79.9. The number of aromatic carboxylic acids is 1. The van der Waals surface area contributed by atoms with E-state index >= 15 is 0 Å². The van der Waals surface area contributed by atoms with Gasteiger partial charge in [-0.2, -0.15) is 0 Å². The minimum Gasteiger partial charge on any atom is -0.497 e. The Morgan fingerprint density at radius 2 is 2.20 bits per heavy atom. The number of carboxylic acids is 1.